The Morgan fingerprint density at radius 3 is 2.29 bits per heavy atom. The summed E-state index contributed by atoms with van der Waals surface area (Å²) in [5.41, 5.74) is 3.59. The molecule has 0 unspecified atom stereocenters. The molecule has 0 radical (unpaired) electrons. The van der Waals surface area contributed by atoms with E-state index in [0.717, 1.165) is 27.9 Å². The number of benzene rings is 3. The topological polar surface area (TPSA) is 34.5 Å². The van der Waals surface area contributed by atoms with Gasteiger partial charge in [0.2, 0.25) is 0 Å². The summed E-state index contributed by atoms with van der Waals surface area (Å²) in [4.78, 5) is 15.3. The molecule has 140 valence electrons. The normalized spacial score (nSPS) is 10.8. The molecule has 4 heteroatoms. The maximum absolute atomic E-state index is 13.4. The van der Waals surface area contributed by atoms with Gasteiger partial charge in [0.1, 0.15) is 11.4 Å². The monoisotopic (exact) mass is 370 g/mol. The third-order valence-electron chi connectivity index (χ3n) is 4.99. The van der Waals surface area contributed by atoms with E-state index in [2.05, 4.69) is 0 Å². The minimum absolute atomic E-state index is 0.0131. The fourth-order valence-corrected chi connectivity index (χ4v) is 3.42. The molecule has 4 nitrogen and oxygen atoms in total. The first-order valence-electron chi connectivity index (χ1n) is 9.21. The Balaban J connectivity index is 1.84. The summed E-state index contributed by atoms with van der Waals surface area (Å²) in [6.07, 6.45) is 0. The highest BCUT2D eigenvalue weighted by Gasteiger charge is 2.14. The molecule has 1 aromatic heterocycles. The summed E-state index contributed by atoms with van der Waals surface area (Å²) < 4.78 is 7.08. The van der Waals surface area contributed by atoms with E-state index in [9.17, 15) is 4.79 Å². The van der Waals surface area contributed by atoms with Crippen LogP contribution >= 0.6 is 0 Å². The van der Waals surface area contributed by atoms with Gasteiger partial charge in [0, 0.05) is 18.1 Å². The Kier molecular flexibility index (Phi) is 4.85. The molecule has 28 heavy (non-hydrogen) atoms. The molecule has 0 atom stereocenters. The number of rotatable bonds is 5. The van der Waals surface area contributed by atoms with E-state index in [1.54, 1.807) is 7.11 Å². The van der Waals surface area contributed by atoms with Gasteiger partial charge in [0.25, 0.3) is 5.56 Å². The van der Waals surface area contributed by atoms with Gasteiger partial charge in [-0.15, -0.1) is 0 Å². The average Bonchev–Trinajstić information content (AvgIpc) is 2.76. The van der Waals surface area contributed by atoms with Crippen LogP contribution in [0.2, 0.25) is 0 Å². The van der Waals surface area contributed by atoms with Gasteiger partial charge in [-0.1, -0.05) is 48.5 Å². The molecule has 0 N–H and O–H groups in total. The summed E-state index contributed by atoms with van der Waals surface area (Å²) in [5, 5.41) is 1.04. The maximum Gasteiger partial charge on any atom is 0.275 e. The van der Waals surface area contributed by atoms with Gasteiger partial charge in [-0.2, -0.15) is 0 Å². The number of para-hydroxylation sites is 1. The van der Waals surface area contributed by atoms with Crippen LogP contribution in [0, 0.1) is 0 Å². The van der Waals surface area contributed by atoms with Crippen molar-refractivity contribution in [3.63, 3.8) is 0 Å². The summed E-state index contributed by atoms with van der Waals surface area (Å²) in [6, 6.07) is 27.7. The van der Waals surface area contributed by atoms with Gasteiger partial charge in [0.05, 0.1) is 19.2 Å². The smallest absolute Gasteiger partial charge is 0.275 e. The van der Waals surface area contributed by atoms with Crippen LogP contribution in [0.1, 0.15) is 5.56 Å². The Morgan fingerprint density at radius 2 is 1.57 bits per heavy atom. The number of pyridine rings is 1. The number of nitrogens with zero attached hydrogens (tertiary/aromatic N) is 2. The zero-order valence-corrected chi connectivity index (χ0v) is 16.0. The molecule has 3 aromatic carbocycles. The molecule has 0 spiro atoms. The van der Waals surface area contributed by atoms with Gasteiger partial charge in [0.15, 0.2) is 0 Å². The Labute approximate surface area is 164 Å². The van der Waals surface area contributed by atoms with Crippen LogP contribution in [0.3, 0.4) is 0 Å². The van der Waals surface area contributed by atoms with E-state index in [1.807, 2.05) is 101 Å². The lowest BCUT2D eigenvalue weighted by molar-refractivity contribution is 0.415. The van der Waals surface area contributed by atoms with Crippen LogP contribution in [0.15, 0.2) is 89.7 Å². The second-order valence-electron chi connectivity index (χ2n) is 6.72. The number of hydrogen-bond acceptors (Lipinski definition) is 3. The van der Waals surface area contributed by atoms with Crippen LogP contribution in [0.5, 0.6) is 5.75 Å². The number of methoxy groups -OCH3 is 1. The number of ether oxygens (including phenoxy) is 1. The van der Waals surface area contributed by atoms with E-state index in [4.69, 9.17) is 4.74 Å². The van der Waals surface area contributed by atoms with Gasteiger partial charge < -0.3 is 14.2 Å². The van der Waals surface area contributed by atoms with E-state index < -0.39 is 0 Å². The van der Waals surface area contributed by atoms with E-state index in [1.165, 1.54) is 0 Å². The predicted molar refractivity (Wildman–Crippen MR) is 115 cm³/mol. The van der Waals surface area contributed by atoms with E-state index >= 15 is 0 Å². The van der Waals surface area contributed by atoms with Crippen molar-refractivity contribution in [2.24, 2.45) is 0 Å². The highest BCUT2D eigenvalue weighted by molar-refractivity contribution is 5.83. The third-order valence-corrected chi connectivity index (χ3v) is 4.99. The van der Waals surface area contributed by atoms with Crippen molar-refractivity contribution in [1.82, 2.24) is 4.57 Å². The Bertz CT molecular complexity index is 1150. The average molecular weight is 370 g/mol. The van der Waals surface area contributed by atoms with Crippen molar-refractivity contribution in [3.8, 4) is 5.75 Å². The lowest BCUT2D eigenvalue weighted by Crippen LogP contribution is -2.27. The van der Waals surface area contributed by atoms with Gasteiger partial charge in [-0.3, -0.25) is 4.79 Å². The standard InChI is InChI=1S/C24H22N2O2/c1-25(20-12-14-21(28-2)15-13-20)23-16-19-10-6-7-11-22(19)26(24(23)27)17-18-8-4-3-5-9-18/h3-16H,17H2,1-2H3. The molecule has 0 saturated heterocycles. The summed E-state index contributed by atoms with van der Waals surface area (Å²) >= 11 is 0. The molecule has 0 bridgehead atoms. The highest BCUT2D eigenvalue weighted by atomic mass is 16.5. The maximum atomic E-state index is 13.4. The summed E-state index contributed by atoms with van der Waals surface area (Å²) in [6.45, 7) is 0.532. The Morgan fingerprint density at radius 1 is 0.893 bits per heavy atom. The first-order chi connectivity index (χ1) is 13.7. The van der Waals surface area contributed by atoms with Gasteiger partial charge in [-0.05, 0) is 42.0 Å². The molecule has 0 saturated carbocycles. The SMILES string of the molecule is COc1ccc(N(C)c2cc3ccccc3n(Cc3ccccc3)c2=O)cc1. The third kappa shape index (κ3) is 3.37. The fourth-order valence-electron chi connectivity index (χ4n) is 3.42. The van der Waals surface area contributed by atoms with Crippen LogP contribution in [-0.4, -0.2) is 18.7 Å². The molecule has 0 aliphatic heterocycles. The van der Waals surface area contributed by atoms with Crippen LogP contribution < -0.4 is 15.2 Å². The lowest BCUT2D eigenvalue weighted by Gasteiger charge is -2.22. The number of fused-ring (bicyclic) bond motifs is 1. The molecular weight excluding hydrogens is 348 g/mol. The van der Waals surface area contributed by atoms with Gasteiger partial charge >= 0.3 is 0 Å². The van der Waals surface area contributed by atoms with Crippen molar-refractivity contribution in [2.45, 2.75) is 6.54 Å². The van der Waals surface area contributed by atoms with Crippen LogP contribution in [0.25, 0.3) is 10.9 Å². The van der Waals surface area contributed by atoms with Crippen molar-refractivity contribution >= 4 is 22.3 Å². The van der Waals surface area contributed by atoms with Crippen molar-refractivity contribution in [1.29, 1.82) is 0 Å². The summed E-state index contributed by atoms with van der Waals surface area (Å²) in [5.74, 6) is 0.789. The van der Waals surface area contributed by atoms with Crippen molar-refractivity contribution in [3.05, 3.63) is 101 Å². The largest absolute Gasteiger partial charge is 0.497 e. The van der Waals surface area contributed by atoms with E-state index in [0.29, 0.717) is 12.2 Å². The predicted octanol–water partition coefficient (Wildman–Crippen LogP) is 4.83. The minimum Gasteiger partial charge on any atom is -0.497 e. The van der Waals surface area contributed by atoms with E-state index in [-0.39, 0.29) is 5.56 Å². The molecule has 0 fully saturated rings. The van der Waals surface area contributed by atoms with Gasteiger partial charge in [-0.25, -0.2) is 0 Å². The lowest BCUT2D eigenvalue weighted by atomic mass is 10.1. The zero-order valence-electron chi connectivity index (χ0n) is 16.0. The first kappa shape index (κ1) is 17.9. The highest BCUT2D eigenvalue weighted by Crippen LogP contribution is 2.26. The molecule has 4 aromatic rings. The number of aromatic nitrogens is 1. The zero-order chi connectivity index (χ0) is 19.5. The molecule has 1 heterocycles. The minimum atomic E-state index is -0.0131. The second-order valence-corrected chi connectivity index (χ2v) is 6.72. The molecular formula is C24H22N2O2. The van der Waals surface area contributed by atoms with Crippen molar-refractivity contribution in [2.75, 3.05) is 19.1 Å². The quantitative estimate of drug-likeness (QED) is 0.505. The Hall–Kier alpha value is -3.53. The number of anilines is 2. The second kappa shape index (κ2) is 7.61. The summed E-state index contributed by atoms with van der Waals surface area (Å²) in [7, 11) is 3.56. The molecule has 0 aliphatic carbocycles. The first-order valence-corrected chi connectivity index (χ1v) is 9.21. The molecule has 0 amide bonds. The molecule has 0 aliphatic rings. The van der Waals surface area contributed by atoms with Crippen LogP contribution in [-0.2, 0) is 6.54 Å². The molecule has 4 rings (SSSR count). The van der Waals surface area contributed by atoms with Crippen LogP contribution in [0.4, 0.5) is 11.4 Å². The van der Waals surface area contributed by atoms with Crippen molar-refractivity contribution < 1.29 is 4.74 Å². The number of hydrogen-bond donors (Lipinski definition) is 0. The fraction of sp³-hybridized carbons (Fsp3) is 0.125.